The summed E-state index contributed by atoms with van der Waals surface area (Å²) in [5.41, 5.74) is 1.97. The van der Waals surface area contributed by atoms with E-state index in [2.05, 4.69) is 4.84 Å². The van der Waals surface area contributed by atoms with Crippen LogP contribution >= 0.6 is 0 Å². The van der Waals surface area contributed by atoms with Crippen molar-refractivity contribution in [2.75, 3.05) is 26.9 Å². The molecule has 1 amide bonds. The predicted octanol–water partition coefficient (Wildman–Crippen LogP) is -0.407. The molecular weight excluding hydrogens is 230 g/mol. The maximum Gasteiger partial charge on any atom is 0.357 e. The van der Waals surface area contributed by atoms with E-state index in [1.54, 1.807) is 0 Å². The Morgan fingerprint density at radius 3 is 2.71 bits per heavy atom. The fourth-order valence-corrected chi connectivity index (χ4v) is 0.838. The van der Waals surface area contributed by atoms with Gasteiger partial charge < -0.3 is 19.1 Å². The summed E-state index contributed by atoms with van der Waals surface area (Å²) in [6, 6.07) is 0. The Morgan fingerprint density at radius 2 is 2.06 bits per heavy atom. The lowest BCUT2D eigenvalue weighted by molar-refractivity contribution is -0.162. The first-order valence-electron chi connectivity index (χ1n) is 5.19. The molecule has 98 valence electrons. The van der Waals surface area contributed by atoms with Crippen molar-refractivity contribution < 1.29 is 28.7 Å². The van der Waals surface area contributed by atoms with Crippen LogP contribution in [-0.4, -0.2) is 45.1 Å². The van der Waals surface area contributed by atoms with Crippen molar-refractivity contribution in [3.8, 4) is 0 Å². The van der Waals surface area contributed by atoms with Gasteiger partial charge >= 0.3 is 5.97 Å². The number of hydrogen-bond acceptors (Lipinski definition) is 6. The summed E-state index contributed by atoms with van der Waals surface area (Å²) in [4.78, 5) is 36.4. The lowest BCUT2D eigenvalue weighted by atomic mass is 10.2. The average molecular weight is 247 g/mol. The summed E-state index contributed by atoms with van der Waals surface area (Å²) in [6.07, 6.45) is 1.60. The second-order valence-electron chi connectivity index (χ2n) is 3.10. The summed E-state index contributed by atoms with van der Waals surface area (Å²) < 4.78 is 9.57. The summed E-state index contributed by atoms with van der Waals surface area (Å²) >= 11 is 0. The first-order chi connectivity index (χ1) is 8.20. The minimum absolute atomic E-state index is 0.135. The number of methoxy groups -OCH3 is 1. The van der Waals surface area contributed by atoms with E-state index in [0.29, 0.717) is 19.4 Å². The Kier molecular flexibility index (Phi) is 10.1. The Morgan fingerprint density at radius 1 is 1.29 bits per heavy atom. The van der Waals surface area contributed by atoms with Crippen LogP contribution in [0.2, 0.25) is 0 Å². The molecule has 0 aliphatic heterocycles. The molecule has 0 heterocycles. The normalized spacial score (nSPS) is 9.71. The lowest BCUT2D eigenvalue weighted by Gasteiger charge is -2.05. The van der Waals surface area contributed by atoms with E-state index in [4.69, 9.17) is 9.47 Å². The summed E-state index contributed by atoms with van der Waals surface area (Å²) in [5, 5.41) is 0. The summed E-state index contributed by atoms with van der Waals surface area (Å²) in [6.45, 7) is 0.405. The third-order valence-electron chi connectivity index (χ3n) is 1.66. The van der Waals surface area contributed by atoms with Gasteiger partial charge in [0.2, 0.25) is 0 Å². The van der Waals surface area contributed by atoms with Crippen LogP contribution < -0.4 is 5.48 Å². The zero-order valence-electron chi connectivity index (χ0n) is 9.77. The second kappa shape index (κ2) is 11.0. The highest BCUT2D eigenvalue weighted by Crippen LogP contribution is 1.92. The van der Waals surface area contributed by atoms with Crippen LogP contribution in [-0.2, 0) is 28.7 Å². The molecule has 0 aliphatic rings. The van der Waals surface area contributed by atoms with Gasteiger partial charge in [0, 0.05) is 20.0 Å². The highest BCUT2D eigenvalue weighted by Gasteiger charge is 2.06. The van der Waals surface area contributed by atoms with Crippen LogP contribution in [0, 0.1) is 0 Å². The van der Waals surface area contributed by atoms with Crippen LogP contribution in [0.1, 0.15) is 19.3 Å². The highest BCUT2D eigenvalue weighted by atomic mass is 16.7. The molecule has 0 spiro atoms. The van der Waals surface area contributed by atoms with E-state index in [0.717, 1.165) is 6.29 Å². The molecule has 0 aromatic carbocycles. The zero-order chi connectivity index (χ0) is 12.9. The topological polar surface area (TPSA) is 90.9 Å². The van der Waals surface area contributed by atoms with Crippen LogP contribution in [0.5, 0.6) is 0 Å². The number of carbonyl (C=O) groups is 3. The average Bonchev–Trinajstić information content (AvgIpc) is 2.32. The smallest absolute Gasteiger partial charge is 0.357 e. The van der Waals surface area contributed by atoms with Gasteiger partial charge in [0.05, 0.1) is 13.2 Å². The SMILES string of the molecule is COCCOCC(=O)ONC(=O)CCCC=O. The number of rotatable bonds is 9. The summed E-state index contributed by atoms with van der Waals surface area (Å²) in [5.74, 6) is -1.14. The van der Waals surface area contributed by atoms with Crippen molar-refractivity contribution in [2.45, 2.75) is 19.3 Å². The Bertz CT molecular complexity index is 243. The van der Waals surface area contributed by atoms with Gasteiger partial charge in [-0.3, -0.25) is 4.79 Å². The molecule has 0 saturated carbocycles. The van der Waals surface area contributed by atoms with Crippen LogP contribution in [0.4, 0.5) is 0 Å². The monoisotopic (exact) mass is 247 g/mol. The zero-order valence-corrected chi connectivity index (χ0v) is 9.77. The van der Waals surface area contributed by atoms with Crippen LogP contribution in [0.3, 0.4) is 0 Å². The standard InChI is InChI=1S/C10H17NO6/c1-15-6-7-16-8-10(14)17-11-9(13)4-2-3-5-12/h5H,2-4,6-8H2,1H3,(H,11,13). The molecule has 0 radical (unpaired) electrons. The van der Waals surface area contributed by atoms with Gasteiger partial charge in [0.1, 0.15) is 12.9 Å². The van der Waals surface area contributed by atoms with Crippen molar-refractivity contribution in [1.29, 1.82) is 0 Å². The van der Waals surface area contributed by atoms with Gasteiger partial charge in [-0.2, -0.15) is 5.48 Å². The van der Waals surface area contributed by atoms with E-state index in [-0.39, 0.29) is 19.6 Å². The Labute approximate surface area is 99.4 Å². The van der Waals surface area contributed by atoms with Gasteiger partial charge in [-0.1, -0.05) is 0 Å². The van der Waals surface area contributed by atoms with Gasteiger partial charge in [-0.25, -0.2) is 4.79 Å². The number of aldehydes is 1. The first kappa shape index (κ1) is 15.5. The molecular formula is C10H17NO6. The third kappa shape index (κ3) is 10.8. The number of amides is 1. The van der Waals surface area contributed by atoms with Crippen LogP contribution in [0.15, 0.2) is 0 Å². The van der Waals surface area contributed by atoms with Gasteiger partial charge in [-0.15, -0.1) is 0 Å². The van der Waals surface area contributed by atoms with Crippen molar-refractivity contribution >= 4 is 18.2 Å². The minimum Gasteiger partial charge on any atom is -0.382 e. The minimum atomic E-state index is -0.690. The molecule has 0 unspecified atom stereocenters. The molecule has 0 bridgehead atoms. The Hall–Kier alpha value is -1.47. The maximum absolute atomic E-state index is 11.0. The molecule has 0 atom stereocenters. The molecule has 7 heteroatoms. The fraction of sp³-hybridized carbons (Fsp3) is 0.700. The molecule has 0 saturated heterocycles. The first-order valence-corrected chi connectivity index (χ1v) is 5.19. The maximum atomic E-state index is 11.0. The molecule has 0 rings (SSSR count). The van der Waals surface area contributed by atoms with Crippen molar-refractivity contribution in [1.82, 2.24) is 5.48 Å². The van der Waals surface area contributed by atoms with Crippen molar-refractivity contribution in [2.24, 2.45) is 0 Å². The lowest BCUT2D eigenvalue weighted by Crippen LogP contribution is -2.29. The van der Waals surface area contributed by atoms with E-state index in [9.17, 15) is 14.4 Å². The second-order valence-corrected chi connectivity index (χ2v) is 3.10. The number of hydrogen-bond donors (Lipinski definition) is 1. The highest BCUT2D eigenvalue weighted by molar-refractivity contribution is 5.78. The molecule has 0 aromatic heterocycles. The van der Waals surface area contributed by atoms with Gasteiger partial charge in [0.25, 0.3) is 5.91 Å². The predicted molar refractivity (Wildman–Crippen MR) is 56.8 cm³/mol. The number of carbonyl (C=O) groups excluding carboxylic acids is 3. The van der Waals surface area contributed by atoms with Gasteiger partial charge in [0.15, 0.2) is 0 Å². The largest absolute Gasteiger partial charge is 0.382 e. The third-order valence-corrected chi connectivity index (χ3v) is 1.66. The fourth-order valence-electron chi connectivity index (χ4n) is 0.838. The number of hydroxylamine groups is 1. The van der Waals surface area contributed by atoms with E-state index < -0.39 is 11.9 Å². The van der Waals surface area contributed by atoms with Crippen LogP contribution in [0.25, 0.3) is 0 Å². The molecule has 17 heavy (non-hydrogen) atoms. The van der Waals surface area contributed by atoms with E-state index in [1.807, 2.05) is 5.48 Å². The van der Waals surface area contributed by atoms with E-state index in [1.165, 1.54) is 7.11 Å². The quantitative estimate of drug-likeness (QED) is 0.338. The number of nitrogens with one attached hydrogen (secondary N) is 1. The number of ether oxygens (including phenoxy) is 2. The molecule has 1 N–H and O–H groups in total. The summed E-state index contributed by atoms with van der Waals surface area (Å²) in [7, 11) is 1.52. The van der Waals surface area contributed by atoms with Gasteiger partial charge in [-0.05, 0) is 6.42 Å². The van der Waals surface area contributed by atoms with Crippen molar-refractivity contribution in [3.63, 3.8) is 0 Å². The molecule has 0 aliphatic carbocycles. The molecule has 0 fully saturated rings. The van der Waals surface area contributed by atoms with Crippen molar-refractivity contribution in [3.05, 3.63) is 0 Å². The molecule has 7 nitrogen and oxygen atoms in total. The van der Waals surface area contributed by atoms with E-state index >= 15 is 0 Å². The Balaban J connectivity index is 3.42. The number of unbranched alkanes of at least 4 members (excludes halogenated alkanes) is 1. The molecule has 0 aromatic rings.